The first-order valence-corrected chi connectivity index (χ1v) is 21.7. The van der Waals surface area contributed by atoms with Crippen molar-refractivity contribution in [3.8, 4) is 0 Å². The molecule has 7 rings (SSSR count). The summed E-state index contributed by atoms with van der Waals surface area (Å²) in [5.41, 5.74) is -3.32. The van der Waals surface area contributed by atoms with Gasteiger partial charge in [0.25, 0.3) is 5.91 Å². The minimum Gasteiger partial charge on any atom is -0.511 e. The number of rotatable bonds is 7. The average molecular weight is 856 g/mol. The highest BCUT2D eigenvalue weighted by molar-refractivity contribution is 6.36. The maximum Gasteiger partial charge on any atom is 0.346 e. The highest BCUT2D eigenvalue weighted by atomic mass is 35.5. The maximum absolute atomic E-state index is 15.2. The fraction of sp³-hybridized carbons (Fsp3) is 0.600. The Bertz CT molecular complexity index is 2040. The van der Waals surface area contributed by atoms with E-state index >= 15 is 4.79 Å². The number of carbonyl (C=O) groups is 4. The van der Waals surface area contributed by atoms with Crippen molar-refractivity contribution >= 4 is 46.8 Å². The third kappa shape index (κ3) is 7.24. The SMILES string of the molecule is CC[C@H]1C[C@]23OC(=O)C(=C(O)[C@@]4(CC)[C@@H]5CC[C@H](C)[C@H](O[C@H]6C[C@H](O)[C@H](NC(=O)c7[nH]c(Cl)cc7Cl)[C@@H](C)O6)[C@H]5C=C[C@H]4C/C=C/C/C(C)=C/[C@@]2(C)C=C1C(=O)O)C3=O. The third-order valence-corrected chi connectivity index (χ3v) is 14.9. The van der Waals surface area contributed by atoms with Crippen LogP contribution in [0.25, 0.3) is 0 Å². The molecule has 2 bridgehead atoms. The predicted molar refractivity (Wildman–Crippen MR) is 220 cm³/mol. The molecule has 0 unspecified atom stereocenters. The van der Waals surface area contributed by atoms with Gasteiger partial charge >= 0.3 is 11.9 Å². The predicted octanol–water partition coefficient (Wildman–Crippen LogP) is 7.97. The second kappa shape index (κ2) is 16.3. The van der Waals surface area contributed by atoms with Gasteiger partial charge in [-0.25, -0.2) is 9.59 Å². The minimum absolute atomic E-state index is 0.0225. The first kappa shape index (κ1) is 43.4. The quantitative estimate of drug-likeness (QED) is 0.102. The van der Waals surface area contributed by atoms with Crippen LogP contribution in [-0.2, 0) is 28.6 Å². The summed E-state index contributed by atoms with van der Waals surface area (Å²) in [5.74, 6) is -4.71. The first-order chi connectivity index (χ1) is 27.9. The Morgan fingerprint density at radius 3 is 2.49 bits per heavy atom. The van der Waals surface area contributed by atoms with Gasteiger partial charge in [-0.3, -0.25) is 9.59 Å². The molecule has 13 atom stereocenters. The number of H-pyrrole nitrogens is 1. The monoisotopic (exact) mass is 854 g/mol. The van der Waals surface area contributed by atoms with Gasteiger partial charge in [-0.1, -0.05) is 86.0 Å². The Balaban J connectivity index is 1.23. The third-order valence-electron chi connectivity index (χ3n) is 14.4. The number of allylic oxidation sites excluding steroid dienone is 5. The number of aliphatic hydroxyl groups excluding tert-OH is 2. The molecule has 2 saturated heterocycles. The lowest BCUT2D eigenvalue weighted by Crippen LogP contribution is -2.58. The molecule has 1 saturated carbocycles. The Morgan fingerprint density at radius 2 is 1.85 bits per heavy atom. The fourth-order valence-electron chi connectivity index (χ4n) is 11.4. The molecule has 320 valence electrons. The zero-order valence-electron chi connectivity index (χ0n) is 34.4. The van der Waals surface area contributed by atoms with Crippen LogP contribution in [0.1, 0.15) is 103 Å². The van der Waals surface area contributed by atoms with Crippen molar-refractivity contribution in [3.05, 3.63) is 80.9 Å². The summed E-state index contributed by atoms with van der Waals surface area (Å²) in [7, 11) is 0. The minimum atomic E-state index is -1.75. The number of aromatic amines is 1. The van der Waals surface area contributed by atoms with Gasteiger partial charge < -0.3 is 39.8 Å². The summed E-state index contributed by atoms with van der Waals surface area (Å²) in [6, 6.07) is 0.664. The number of carboxylic acid groups (broad SMARTS) is 1. The summed E-state index contributed by atoms with van der Waals surface area (Å²) in [6.07, 6.45) is 12.3. The standard InChI is InChI=1S/C45H56Cl2N2O10/c1-7-25-20-45-39(52)34(42(56)59-45)38(51)44(8-2)26(12-10-9-11-22(3)19-43(45,6)21-28(25)41(54)55)14-15-27-29(44)16-13-23(4)37(27)58-33-18-31(50)35(24(5)57-33)49-40(53)36-30(46)17-32(47)48-36/h9-10,14-15,17,19,21,23-27,29,31,33,35,37,48,50-51H,7-8,11-13,16,18,20H2,1-6H3,(H,49,53)(H,54,55)/b10-9+,22-19+,38-34?/t23-,24+,25-,26+,27-,29+,31-,33-,35+,37-,43-,44+,45+/m0/s1. The van der Waals surface area contributed by atoms with Crippen molar-refractivity contribution in [1.82, 2.24) is 10.3 Å². The van der Waals surface area contributed by atoms with Crippen LogP contribution in [0, 0.1) is 40.4 Å². The summed E-state index contributed by atoms with van der Waals surface area (Å²) >= 11 is 12.2. The second-order valence-corrected chi connectivity index (χ2v) is 18.6. The van der Waals surface area contributed by atoms with Crippen molar-refractivity contribution in [2.24, 2.45) is 40.4 Å². The normalized spacial score (nSPS) is 41.1. The van der Waals surface area contributed by atoms with Gasteiger partial charge in [0.1, 0.15) is 22.2 Å². The van der Waals surface area contributed by atoms with Crippen LogP contribution in [-0.4, -0.2) is 80.2 Å². The molecule has 14 heteroatoms. The number of hydrogen-bond acceptors (Lipinski definition) is 9. The van der Waals surface area contributed by atoms with Gasteiger partial charge in [0.2, 0.25) is 5.78 Å². The smallest absolute Gasteiger partial charge is 0.346 e. The number of ether oxygens (including phenoxy) is 3. The number of halogens is 2. The van der Waals surface area contributed by atoms with Gasteiger partial charge in [0.15, 0.2) is 11.9 Å². The lowest BCUT2D eigenvalue weighted by Gasteiger charge is -2.55. The van der Waals surface area contributed by atoms with E-state index in [0.29, 0.717) is 32.1 Å². The Kier molecular flexibility index (Phi) is 12.0. The first-order valence-electron chi connectivity index (χ1n) is 20.9. The van der Waals surface area contributed by atoms with E-state index in [1.54, 1.807) is 19.9 Å². The van der Waals surface area contributed by atoms with Crippen LogP contribution < -0.4 is 5.32 Å². The van der Waals surface area contributed by atoms with Crippen molar-refractivity contribution in [2.75, 3.05) is 0 Å². The number of esters is 1. The van der Waals surface area contributed by atoms with Gasteiger partial charge in [-0.15, -0.1) is 0 Å². The van der Waals surface area contributed by atoms with Crippen LogP contribution >= 0.6 is 23.2 Å². The molecular formula is C45H56Cl2N2O10. The zero-order valence-corrected chi connectivity index (χ0v) is 35.9. The van der Waals surface area contributed by atoms with Gasteiger partial charge in [-0.05, 0) is 89.0 Å². The number of carbonyl (C=O) groups excluding carboxylic acids is 3. The number of hydrogen-bond donors (Lipinski definition) is 5. The van der Waals surface area contributed by atoms with Crippen LogP contribution in [0.4, 0.5) is 0 Å². The molecule has 0 aromatic carbocycles. The number of aliphatic carboxylic acids is 1. The molecule has 12 nitrogen and oxygen atoms in total. The topological polar surface area (TPSA) is 184 Å². The van der Waals surface area contributed by atoms with Crippen LogP contribution in [0.2, 0.25) is 10.2 Å². The van der Waals surface area contributed by atoms with Crippen molar-refractivity contribution in [2.45, 2.75) is 129 Å². The van der Waals surface area contributed by atoms with E-state index in [1.807, 2.05) is 26.8 Å². The highest BCUT2D eigenvalue weighted by Gasteiger charge is 2.67. The van der Waals surface area contributed by atoms with Gasteiger partial charge in [0, 0.05) is 29.7 Å². The molecule has 0 radical (unpaired) electrons. The van der Waals surface area contributed by atoms with E-state index in [2.05, 4.69) is 41.5 Å². The average Bonchev–Trinajstić information content (AvgIpc) is 3.65. The van der Waals surface area contributed by atoms with Crippen molar-refractivity contribution in [3.63, 3.8) is 0 Å². The summed E-state index contributed by atoms with van der Waals surface area (Å²) < 4.78 is 19.4. The van der Waals surface area contributed by atoms with Crippen LogP contribution in [0.15, 0.2) is 65.0 Å². The van der Waals surface area contributed by atoms with E-state index in [4.69, 9.17) is 37.4 Å². The molecule has 1 spiro atoms. The van der Waals surface area contributed by atoms with Crippen molar-refractivity contribution < 1.29 is 48.7 Å². The summed E-state index contributed by atoms with van der Waals surface area (Å²) in [4.78, 5) is 57.7. The maximum atomic E-state index is 15.2. The molecule has 3 fully saturated rings. The highest BCUT2D eigenvalue weighted by Crippen LogP contribution is 2.61. The van der Waals surface area contributed by atoms with E-state index in [-0.39, 0.29) is 69.3 Å². The largest absolute Gasteiger partial charge is 0.511 e. The number of amides is 1. The summed E-state index contributed by atoms with van der Waals surface area (Å²) in [5, 5.41) is 37.6. The number of carboxylic acids is 1. The molecule has 1 aromatic rings. The lowest BCUT2D eigenvalue weighted by atomic mass is 9.51. The Hall–Kier alpha value is -3.68. The number of fused-ring (bicyclic) bond motifs is 4. The molecule has 2 aliphatic heterocycles. The molecule has 59 heavy (non-hydrogen) atoms. The zero-order chi connectivity index (χ0) is 42.8. The van der Waals surface area contributed by atoms with E-state index < -0.39 is 76.6 Å². The number of aliphatic hydroxyl groups is 2. The number of aromatic nitrogens is 1. The molecule has 4 aliphatic carbocycles. The Morgan fingerprint density at radius 1 is 1.10 bits per heavy atom. The fourth-order valence-corrected chi connectivity index (χ4v) is 11.9. The van der Waals surface area contributed by atoms with E-state index in [1.165, 1.54) is 6.07 Å². The van der Waals surface area contributed by atoms with Gasteiger partial charge in [-0.2, -0.15) is 0 Å². The van der Waals surface area contributed by atoms with Gasteiger partial charge in [0.05, 0.1) is 34.8 Å². The number of Topliss-reactive ketones (excluding diaryl/α,β-unsaturated/α-hetero) is 1. The number of nitrogens with one attached hydrogen (secondary N) is 2. The Labute approximate surface area is 355 Å². The molecule has 3 heterocycles. The number of ketones is 1. The molecule has 5 N–H and O–H groups in total. The van der Waals surface area contributed by atoms with Crippen LogP contribution in [0.3, 0.4) is 0 Å². The molecular weight excluding hydrogens is 799 g/mol. The lowest BCUT2D eigenvalue weighted by molar-refractivity contribution is -0.258. The van der Waals surface area contributed by atoms with E-state index in [0.717, 1.165) is 12.0 Å². The molecule has 6 aliphatic rings. The van der Waals surface area contributed by atoms with E-state index in [9.17, 15) is 29.7 Å². The summed E-state index contributed by atoms with van der Waals surface area (Å²) in [6.45, 7) is 11.4. The molecule has 1 aromatic heterocycles. The van der Waals surface area contributed by atoms with Crippen LogP contribution in [0.5, 0.6) is 0 Å². The second-order valence-electron chi connectivity index (χ2n) is 17.8. The van der Waals surface area contributed by atoms with Crippen molar-refractivity contribution in [1.29, 1.82) is 0 Å². The molecule has 1 amide bonds.